The zero-order chi connectivity index (χ0) is 12.3. The van der Waals surface area contributed by atoms with Gasteiger partial charge in [0.05, 0.1) is 0 Å². The number of anilines is 3. The second kappa shape index (κ2) is 4.87. The molecule has 3 heteroatoms. The van der Waals surface area contributed by atoms with Crippen molar-refractivity contribution in [3.8, 4) is 0 Å². The number of nitrogens with two attached hydrogens (primary N) is 1. The fraction of sp³-hybridized carbons (Fsp3) is 0.214. The summed E-state index contributed by atoms with van der Waals surface area (Å²) in [5.74, 6) is 0.529. The Morgan fingerprint density at radius 3 is 2.82 bits per heavy atom. The number of nitrogens with one attached hydrogen (secondary N) is 1. The fourth-order valence-corrected chi connectivity index (χ4v) is 1.87. The molecule has 2 rings (SSSR count). The predicted octanol–water partition coefficient (Wildman–Crippen LogP) is 3.28. The van der Waals surface area contributed by atoms with Gasteiger partial charge in [0.1, 0.15) is 5.82 Å². The number of aryl methyl sites for hydroxylation is 2. The third-order valence-corrected chi connectivity index (χ3v) is 2.79. The van der Waals surface area contributed by atoms with Gasteiger partial charge in [0, 0.05) is 23.6 Å². The first-order valence-electron chi connectivity index (χ1n) is 5.77. The molecule has 0 amide bonds. The third kappa shape index (κ3) is 2.56. The van der Waals surface area contributed by atoms with Crippen LogP contribution in [0.5, 0.6) is 0 Å². The van der Waals surface area contributed by atoms with Crippen molar-refractivity contribution in [2.45, 2.75) is 20.3 Å². The normalized spacial score (nSPS) is 10.2. The maximum absolute atomic E-state index is 5.67. The van der Waals surface area contributed by atoms with Crippen molar-refractivity contribution >= 4 is 17.2 Å². The van der Waals surface area contributed by atoms with Crippen LogP contribution in [-0.2, 0) is 6.42 Å². The highest BCUT2D eigenvalue weighted by molar-refractivity contribution is 5.67. The van der Waals surface area contributed by atoms with Crippen LogP contribution in [0.4, 0.5) is 17.2 Å². The van der Waals surface area contributed by atoms with Gasteiger partial charge in [-0.25, -0.2) is 4.98 Å². The molecule has 3 N–H and O–H groups in total. The molecule has 0 atom stereocenters. The summed E-state index contributed by atoms with van der Waals surface area (Å²) in [6.45, 7) is 4.26. The van der Waals surface area contributed by atoms with Crippen LogP contribution in [0.25, 0.3) is 0 Å². The van der Waals surface area contributed by atoms with Crippen LogP contribution in [0, 0.1) is 6.92 Å². The van der Waals surface area contributed by atoms with E-state index in [1.165, 1.54) is 16.8 Å². The summed E-state index contributed by atoms with van der Waals surface area (Å²) >= 11 is 0. The van der Waals surface area contributed by atoms with Crippen LogP contribution in [0.15, 0.2) is 36.5 Å². The van der Waals surface area contributed by atoms with Crippen LogP contribution < -0.4 is 11.1 Å². The molecule has 88 valence electrons. The third-order valence-electron chi connectivity index (χ3n) is 2.79. The van der Waals surface area contributed by atoms with Crippen LogP contribution in [0.1, 0.15) is 18.1 Å². The summed E-state index contributed by atoms with van der Waals surface area (Å²) < 4.78 is 0. The lowest BCUT2D eigenvalue weighted by Gasteiger charge is -2.14. The molecule has 1 heterocycles. The van der Waals surface area contributed by atoms with E-state index in [0.29, 0.717) is 5.82 Å². The zero-order valence-corrected chi connectivity index (χ0v) is 10.2. The molecule has 0 fully saturated rings. The van der Waals surface area contributed by atoms with E-state index in [4.69, 9.17) is 5.73 Å². The van der Waals surface area contributed by atoms with Crippen molar-refractivity contribution in [1.82, 2.24) is 4.98 Å². The molecule has 0 bridgehead atoms. The highest BCUT2D eigenvalue weighted by Crippen LogP contribution is 2.25. The molecular formula is C14H17N3. The van der Waals surface area contributed by atoms with E-state index in [2.05, 4.69) is 42.3 Å². The summed E-state index contributed by atoms with van der Waals surface area (Å²) in [5, 5.41) is 3.41. The molecule has 0 aliphatic rings. The van der Waals surface area contributed by atoms with Gasteiger partial charge in [-0.15, -0.1) is 0 Å². The number of para-hydroxylation sites is 1. The molecule has 0 saturated carbocycles. The Morgan fingerprint density at radius 2 is 2.12 bits per heavy atom. The number of benzene rings is 1. The molecular weight excluding hydrogens is 210 g/mol. The Morgan fingerprint density at radius 1 is 1.29 bits per heavy atom. The van der Waals surface area contributed by atoms with Crippen molar-refractivity contribution in [2.75, 3.05) is 11.1 Å². The van der Waals surface area contributed by atoms with Gasteiger partial charge in [-0.3, -0.25) is 0 Å². The predicted molar refractivity (Wildman–Crippen MR) is 72.5 cm³/mol. The summed E-state index contributed by atoms with van der Waals surface area (Å²) in [6.07, 6.45) is 2.71. The molecule has 0 saturated heterocycles. The van der Waals surface area contributed by atoms with Gasteiger partial charge in [0.2, 0.25) is 0 Å². The molecule has 0 aliphatic heterocycles. The largest absolute Gasteiger partial charge is 0.384 e. The van der Waals surface area contributed by atoms with Crippen molar-refractivity contribution < 1.29 is 0 Å². The average molecular weight is 227 g/mol. The molecule has 0 aliphatic carbocycles. The molecule has 1 aromatic heterocycles. The minimum atomic E-state index is 0.529. The number of aromatic nitrogens is 1. The number of hydrogen-bond acceptors (Lipinski definition) is 3. The fourth-order valence-electron chi connectivity index (χ4n) is 1.87. The number of nitrogens with zero attached hydrogens (tertiary/aromatic N) is 1. The van der Waals surface area contributed by atoms with Gasteiger partial charge in [-0.05, 0) is 30.5 Å². The van der Waals surface area contributed by atoms with Crippen molar-refractivity contribution in [2.24, 2.45) is 0 Å². The van der Waals surface area contributed by atoms with Crippen LogP contribution in [0.3, 0.4) is 0 Å². The van der Waals surface area contributed by atoms with E-state index in [-0.39, 0.29) is 0 Å². The quantitative estimate of drug-likeness (QED) is 0.846. The minimum absolute atomic E-state index is 0.529. The Hall–Kier alpha value is -2.03. The van der Waals surface area contributed by atoms with Crippen LogP contribution in [-0.4, -0.2) is 4.98 Å². The molecule has 17 heavy (non-hydrogen) atoms. The average Bonchev–Trinajstić information content (AvgIpc) is 2.32. The second-order valence-electron chi connectivity index (χ2n) is 4.06. The Labute approximate surface area is 102 Å². The highest BCUT2D eigenvalue weighted by atomic mass is 14.9. The lowest BCUT2D eigenvalue weighted by molar-refractivity contribution is 1.13. The minimum Gasteiger partial charge on any atom is -0.384 e. The van der Waals surface area contributed by atoms with Gasteiger partial charge in [0.15, 0.2) is 0 Å². The van der Waals surface area contributed by atoms with Crippen LogP contribution in [0.2, 0.25) is 0 Å². The van der Waals surface area contributed by atoms with Crippen molar-refractivity contribution in [3.63, 3.8) is 0 Å². The number of hydrogen-bond donors (Lipinski definition) is 2. The number of nitrogen functional groups attached to an aromatic ring is 1. The monoisotopic (exact) mass is 227 g/mol. The first-order chi connectivity index (χ1) is 8.20. The molecule has 0 unspecified atom stereocenters. The SMILES string of the molecule is CCc1cccc(C)c1Nc1ccnc(N)c1. The second-order valence-corrected chi connectivity index (χ2v) is 4.06. The van der Waals surface area contributed by atoms with Gasteiger partial charge in [-0.1, -0.05) is 25.1 Å². The first-order valence-corrected chi connectivity index (χ1v) is 5.77. The Balaban J connectivity index is 2.35. The Bertz CT molecular complexity index is 521. The van der Waals surface area contributed by atoms with Gasteiger partial charge in [-0.2, -0.15) is 0 Å². The van der Waals surface area contributed by atoms with Crippen molar-refractivity contribution in [1.29, 1.82) is 0 Å². The van der Waals surface area contributed by atoms with E-state index in [1.54, 1.807) is 6.20 Å². The summed E-state index contributed by atoms with van der Waals surface area (Å²) in [6, 6.07) is 10.1. The maximum Gasteiger partial charge on any atom is 0.125 e. The molecule has 0 radical (unpaired) electrons. The number of pyridine rings is 1. The summed E-state index contributed by atoms with van der Waals surface area (Å²) in [5.41, 5.74) is 10.4. The maximum atomic E-state index is 5.67. The van der Waals surface area contributed by atoms with E-state index >= 15 is 0 Å². The molecule has 2 aromatic rings. The standard InChI is InChI=1S/C14H17N3/c1-3-11-6-4-5-10(2)14(11)17-12-7-8-16-13(15)9-12/h4-9H,3H2,1-2H3,(H3,15,16,17). The molecule has 1 aromatic carbocycles. The molecule has 3 nitrogen and oxygen atoms in total. The number of rotatable bonds is 3. The summed E-state index contributed by atoms with van der Waals surface area (Å²) in [7, 11) is 0. The lowest BCUT2D eigenvalue weighted by Crippen LogP contribution is -1.99. The smallest absolute Gasteiger partial charge is 0.125 e. The zero-order valence-electron chi connectivity index (χ0n) is 10.2. The van der Waals surface area contributed by atoms with E-state index in [9.17, 15) is 0 Å². The highest BCUT2D eigenvalue weighted by Gasteiger charge is 2.04. The molecule has 0 spiro atoms. The van der Waals surface area contributed by atoms with Gasteiger partial charge in [0.25, 0.3) is 0 Å². The van der Waals surface area contributed by atoms with Crippen molar-refractivity contribution in [3.05, 3.63) is 47.7 Å². The van der Waals surface area contributed by atoms with Crippen LogP contribution >= 0.6 is 0 Å². The van der Waals surface area contributed by atoms with Gasteiger partial charge >= 0.3 is 0 Å². The van der Waals surface area contributed by atoms with E-state index in [1.807, 2.05) is 12.1 Å². The topological polar surface area (TPSA) is 50.9 Å². The summed E-state index contributed by atoms with van der Waals surface area (Å²) in [4.78, 5) is 3.98. The van der Waals surface area contributed by atoms with E-state index in [0.717, 1.165) is 12.1 Å². The van der Waals surface area contributed by atoms with E-state index < -0.39 is 0 Å². The Kier molecular flexibility index (Phi) is 3.28. The first kappa shape index (κ1) is 11.5. The van der Waals surface area contributed by atoms with Gasteiger partial charge < -0.3 is 11.1 Å². The lowest BCUT2D eigenvalue weighted by atomic mass is 10.1.